The average molecular weight is 1000 g/mol. The molecule has 3 heterocycles. The quantitative estimate of drug-likeness (QED) is 0.159. The normalized spacial score (nSPS) is 18.1. The highest BCUT2D eigenvalue weighted by atomic mass is 32.1. The number of benzene rings is 7. The minimum Gasteiger partial charge on any atom is -0.311 e. The summed E-state index contributed by atoms with van der Waals surface area (Å²) in [5, 5.41) is 0.297. The van der Waals surface area contributed by atoms with Crippen LogP contribution in [0.4, 0.5) is 50.5 Å². The van der Waals surface area contributed by atoms with Crippen molar-refractivity contribution in [3.05, 3.63) is 178 Å². The Balaban J connectivity index is 1.60. The smallest absolute Gasteiger partial charge is 0.254 e. The molecule has 0 unspecified atom stereocenters. The molecule has 3 nitrogen and oxygen atoms in total. The molecular weight excluding hydrogens is 902 g/mol. The van der Waals surface area contributed by atoms with Crippen LogP contribution in [0.3, 0.4) is 0 Å². The SMILES string of the molecule is [2H]c1c([2H])c(C(C)(C)C)c([2H])c([2H])c1N1c2cc(N(c3c([2H])c([2H])c(C(C)(C)C)c([2H])c3[2H])c3c([2H])c([2H])c(C(C)(C)C)c([2H])c3[2H])cc3c2B(c2c([2H])c(C(C)(C)C)c([2H])c([2H])c2N3c2c([2H])c([2H])c(C(C)(C)C)c([2H])c2[2H])c2c1sc1c([2H])cc(C(C)(C)C)c([2H])c21. The number of hydrogen-bond acceptors (Lipinski definition) is 4. The van der Waals surface area contributed by atoms with E-state index in [2.05, 4.69) is 0 Å². The van der Waals surface area contributed by atoms with Crippen LogP contribution in [0.15, 0.2) is 145 Å². The van der Waals surface area contributed by atoms with Crippen LogP contribution in [-0.4, -0.2) is 6.71 Å². The maximum absolute atomic E-state index is 10.7. The molecule has 0 saturated heterocycles. The topological polar surface area (TPSA) is 9.72 Å². The van der Waals surface area contributed by atoms with Crippen molar-refractivity contribution in [3.8, 4) is 0 Å². The van der Waals surface area contributed by atoms with E-state index in [4.69, 9.17) is 0 Å². The Kier molecular flexibility index (Phi) is 7.33. The molecule has 73 heavy (non-hydrogen) atoms. The van der Waals surface area contributed by atoms with Gasteiger partial charge in [-0.05, 0) is 160 Å². The first-order valence-electron chi connectivity index (χ1n) is 35.5. The monoisotopic (exact) mass is 1000 g/mol. The third-order valence-electron chi connectivity index (χ3n) is 13.4. The fourth-order valence-electron chi connectivity index (χ4n) is 9.04. The third kappa shape index (κ3) is 9.13. The van der Waals surface area contributed by atoms with Crippen molar-refractivity contribution in [3.63, 3.8) is 0 Å². The Hall–Kier alpha value is -6.04. The Labute approximate surface area is 472 Å². The van der Waals surface area contributed by atoms with E-state index in [1.54, 1.807) is 110 Å². The van der Waals surface area contributed by atoms with Crippen molar-refractivity contribution >= 4 is 95.0 Å². The van der Waals surface area contributed by atoms with Gasteiger partial charge in [0, 0.05) is 44.5 Å². The molecule has 0 N–H and O–H groups in total. The fraction of sp³-hybridized carbons (Fsp3) is 0.353. The molecule has 0 fully saturated rings. The second-order valence-electron chi connectivity index (χ2n) is 25.6. The predicted octanol–water partition coefficient (Wildman–Crippen LogP) is 18.2. The summed E-state index contributed by atoms with van der Waals surface area (Å²) in [5.41, 5.74) is -7.82. The van der Waals surface area contributed by atoms with Gasteiger partial charge in [0.2, 0.25) is 0 Å². The largest absolute Gasteiger partial charge is 0.311 e. The van der Waals surface area contributed by atoms with Gasteiger partial charge in [-0.2, -0.15) is 0 Å². The summed E-state index contributed by atoms with van der Waals surface area (Å²) in [6.07, 6.45) is 0. The van der Waals surface area contributed by atoms with Crippen LogP contribution in [0.1, 0.15) is 187 Å². The molecule has 374 valence electrons. The van der Waals surface area contributed by atoms with Crippen LogP contribution in [0, 0.1) is 0 Å². The summed E-state index contributed by atoms with van der Waals surface area (Å²) in [6, 6.07) is -5.92. The Bertz CT molecular complexity index is 4470. The summed E-state index contributed by atoms with van der Waals surface area (Å²) < 4.78 is 210. The zero-order chi connectivity index (χ0) is 70.8. The fourth-order valence-corrected chi connectivity index (χ4v) is 10.2. The minimum absolute atomic E-state index is 0.000276. The van der Waals surface area contributed by atoms with Gasteiger partial charge in [0.15, 0.2) is 0 Å². The molecule has 10 rings (SSSR count). The summed E-state index contributed by atoms with van der Waals surface area (Å²) in [7, 11) is 0. The third-order valence-corrected chi connectivity index (χ3v) is 14.5. The highest BCUT2D eigenvalue weighted by Crippen LogP contribution is 2.51. The summed E-state index contributed by atoms with van der Waals surface area (Å²) in [4.78, 5) is 3.74. The molecule has 0 bridgehead atoms. The van der Waals surface area contributed by atoms with Crippen LogP contribution in [0.5, 0.6) is 0 Å². The van der Waals surface area contributed by atoms with E-state index in [1.165, 1.54) is 21.9 Å². The van der Waals surface area contributed by atoms with Crippen molar-refractivity contribution in [2.24, 2.45) is 0 Å². The zero-order valence-electron chi connectivity index (χ0n) is 66.6. The van der Waals surface area contributed by atoms with Crippen molar-refractivity contribution in [2.45, 2.75) is 157 Å². The lowest BCUT2D eigenvalue weighted by atomic mass is 9.33. The molecule has 2 aliphatic rings. The zero-order valence-corrected chi connectivity index (χ0v) is 46.4. The van der Waals surface area contributed by atoms with Gasteiger partial charge in [0.25, 0.3) is 6.71 Å². The van der Waals surface area contributed by atoms with Gasteiger partial charge in [-0.3, -0.25) is 0 Å². The van der Waals surface area contributed by atoms with E-state index >= 15 is 0 Å². The van der Waals surface area contributed by atoms with Gasteiger partial charge < -0.3 is 14.7 Å². The number of hydrogen-bond donors (Lipinski definition) is 0. The van der Waals surface area contributed by atoms with Crippen molar-refractivity contribution in [1.29, 1.82) is 0 Å². The predicted molar refractivity (Wildman–Crippen MR) is 323 cm³/mol. The lowest BCUT2D eigenvalue weighted by Crippen LogP contribution is -2.61. The summed E-state index contributed by atoms with van der Waals surface area (Å²) in [6.45, 7) is 30.3. The molecule has 0 radical (unpaired) electrons. The number of fused-ring (bicyclic) bond motifs is 6. The maximum Gasteiger partial charge on any atom is 0.254 e. The van der Waals surface area contributed by atoms with E-state index in [0.29, 0.717) is 5.56 Å². The van der Waals surface area contributed by atoms with Gasteiger partial charge in [-0.25, -0.2) is 0 Å². The highest BCUT2D eigenvalue weighted by molar-refractivity contribution is 7.26. The average Bonchev–Trinajstić information content (AvgIpc) is 1.21. The molecular formula is C68H78BN3S. The Morgan fingerprint density at radius 3 is 1.23 bits per heavy atom. The first-order valence-corrected chi connectivity index (χ1v) is 25.8. The number of anilines is 9. The maximum atomic E-state index is 10.7. The first-order chi connectivity index (χ1) is 42.8. The van der Waals surface area contributed by atoms with Crippen molar-refractivity contribution in [2.75, 3.05) is 14.7 Å². The van der Waals surface area contributed by atoms with E-state index in [0.717, 1.165) is 16.2 Å². The van der Waals surface area contributed by atoms with Gasteiger partial charge >= 0.3 is 0 Å². The molecule has 0 saturated carbocycles. The van der Waals surface area contributed by atoms with Crippen molar-refractivity contribution in [1.82, 2.24) is 0 Å². The number of thiophene rings is 1. The summed E-state index contributed by atoms with van der Waals surface area (Å²) in [5.74, 6) is 0. The molecule has 0 aliphatic carbocycles. The minimum atomic E-state index is -1.41. The van der Waals surface area contributed by atoms with Gasteiger partial charge in [-0.1, -0.05) is 197 Å². The lowest BCUT2D eigenvalue weighted by molar-refractivity contribution is 0.590. The van der Waals surface area contributed by atoms with Crippen LogP contribution >= 0.6 is 11.3 Å². The van der Waals surface area contributed by atoms with E-state index < -0.39 is 165 Å². The van der Waals surface area contributed by atoms with E-state index in [9.17, 15) is 28.8 Å². The van der Waals surface area contributed by atoms with Crippen LogP contribution in [0.2, 0.25) is 0 Å². The van der Waals surface area contributed by atoms with E-state index in [-0.39, 0.29) is 106 Å². The number of rotatable bonds is 5. The standard InChI is InChI=1S/C68H78BN3S/c1-63(2,3)43-19-29-49(30-20-43)70(50-31-21-44(22-32-50)64(4,5)6)53-41-57-61-58(42-53)72(52-35-25-46(26-36-52)66(10,11)12)62-60(54-39-47(67(13,14)15)28-38-59(54)73-62)69(61)55-40-48(68(16,17)18)27-37-56(55)71(57)51-33-23-45(24-34-51)65(7,8)9/h19-42H,1-18H3/i19D,20D,21D,22D,23D,24D,25D,26D,27D,29D,30D,31D,32D,33D,34D,35D,36D,37D,38D,39D,40D. The van der Waals surface area contributed by atoms with Gasteiger partial charge in [-0.15, -0.1) is 11.3 Å². The second-order valence-corrected chi connectivity index (χ2v) is 26.6. The number of nitrogens with zero attached hydrogens (tertiary/aromatic N) is 3. The molecule has 0 spiro atoms. The van der Waals surface area contributed by atoms with Crippen molar-refractivity contribution < 1.29 is 28.8 Å². The van der Waals surface area contributed by atoms with Crippen LogP contribution < -0.4 is 31.1 Å². The van der Waals surface area contributed by atoms with Gasteiger partial charge in [0.1, 0.15) is 0 Å². The first kappa shape index (κ1) is 31.0. The Morgan fingerprint density at radius 1 is 0.397 bits per heavy atom. The molecule has 7 aromatic carbocycles. The van der Waals surface area contributed by atoms with Crippen LogP contribution in [0.25, 0.3) is 10.1 Å². The molecule has 0 amide bonds. The molecule has 5 heteroatoms. The molecule has 8 aromatic rings. The summed E-state index contributed by atoms with van der Waals surface area (Å²) >= 11 is 0.982. The van der Waals surface area contributed by atoms with Gasteiger partial charge in [0.05, 0.1) is 39.5 Å². The Morgan fingerprint density at radius 2 is 0.795 bits per heavy atom. The highest BCUT2D eigenvalue weighted by Gasteiger charge is 2.46. The molecule has 2 aliphatic heterocycles. The second kappa shape index (κ2) is 17.3. The van der Waals surface area contributed by atoms with E-state index in [1.807, 2.05) is 20.8 Å². The molecule has 1 aromatic heterocycles. The van der Waals surface area contributed by atoms with Crippen LogP contribution in [-0.2, 0) is 32.5 Å². The molecule has 0 atom stereocenters. The lowest BCUT2D eigenvalue weighted by Gasteiger charge is -2.44.